The predicted molar refractivity (Wildman–Crippen MR) is 110 cm³/mol. The highest BCUT2D eigenvalue weighted by molar-refractivity contribution is 9.10. The first-order valence-electron chi connectivity index (χ1n) is 9.21. The summed E-state index contributed by atoms with van der Waals surface area (Å²) in [4.78, 5) is 39.6. The number of fused-ring (bicyclic) bond motifs is 1. The van der Waals surface area contributed by atoms with E-state index in [-0.39, 0.29) is 23.1 Å². The first kappa shape index (κ1) is 20.9. The zero-order valence-electron chi connectivity index (χ0n) is 16.3. The van der Waals surface area contributed by atoms with Crippen molar-refractivity contribution in [2.24, 2.45) is 5.92 Å². The third kappa shape index (κ3) is 3.71. The van der Waals surface area contributed by atoms with Crippen molar-refractivity contribution in [3.63, 3.8) is 0 Å². The van der Waals surface area contributed by atoms with Gasteiger partial charge in [-0.1, -0.05) is 13.8 Å². The number of carbonyl (C=O) groups excluding carboxylic acids is 3. The zero-order chi connectivity index (χ0) is 20.6. The molecular weight excluding hydrogens is 446 g/mol. The summed E-state index contributed by atoms with van der Waals surface area (Å²) in [6.45, 7) is 8.87. The van der Waals surface area contributed by atoms with Gasteiger partial charge in [-0.3, -0.25) is 24.0 Å². The van der Waals surface area contributed by atoms with Gasteiger partial charge < -0.3 is 10.6 Å². The molecule has 1 fully saturated rings. The molecule has 0 aromatic carbocycles. The minimum absolute atomic E-state index is 0.235. The monoisotopic (exact) mass is 469 g/mol. The van der Waals surface area contributed by atoms with Gasteiger partial charge in [0.2, 0.25) is 0 Å². The number of nitrogens with zero attached hydrogens (tertiary/aromatic N) is 3. The van der Waals surface area contributed by atoms with Crippen molar-refractivity contribution in [1.29, 1.82) is 0 Å². The van der Waals surface area contributed by atoms with Crippen LogP contribution in [0.4, 0.5) is 0 Å². The third-order valence-corrected chi connectivity index (χ3v) is 6.65. The molecule has 0 aliphatic carbocycles. The van der Waals surface area contributed by atoms with Crippen LogP contribution in [0.5, 0.6) is 0 Å². The number of nitrogens with one attached hydrogen (secondary N) is 2. The van der Waals surface area contributed by atoms with Crippen LogP contribution in [0.3, 0.4) is 0 Å². The van der Waals surface area contributed by atoms with Crippen LogP contribution >= 0.6 is 27.7 Å². The number of hydrogen-bond acceptors (Lipinski definition) is 5. The van der Waals surface area contributed by atoms with E-state index in [9.17, 15) is 14.4 Å². The lowest BCUT2D eigenvalue weighted by atomic mass is 10.0. The lowest BCUT2D eigenvalue weighted by Gasteiger charge is -2.49. The molecule has 2 aliphatic rings. The molecule has 1 aromatic heterocycles. The Balaban J connectivity index is 1.74. The minimum Gasteiger partial charge on any atom is -0.351 e. The van der Waals surface area contributed by atoms with Crippen molar-refractivity contribution in [3.05, 3.63) is 27.6 Å². The van der Waals surface area contributed by atoms with Crippen LogP contribution < -0.4 is 10.6 Å². The lowest BCUT2D eigenvalue weighted by molar-refractivity contribution is -0.145. The highest BCUT2D eigenvalue weighted by Gasteiger charge is 2.53. The molecule has 1 aromatic rings. The van der Waals surface area contributed by atoms with E-state index in [1.165, 1.54) is 4.90 Å². The summed E-state index contributed by atoms with van der Waals surface area (Å²) in [6, 6.07) is -0.661. The van der Waals surface area contributed by atoms with Crippen molar-refractivity contribution < 1.29 is 14.4 Å². The fourth-order valence-corrected chi connectivity index (χ4v) is 4.98. The van der Waals surface area contributed by atoms with Crippen LogP contribution in [0.15, 0.2) is 21.9 Å². The van der Waals surface area contributed by atoms with Crippen molar-refractivity contribution in [1.82, 2.24) is 25.3 Å². The average Bonchev–Trinajstić information content (AvgIpc) is 3.04. The molecule has 2 aliphatic heterocycles. The van der Waals surface area contributed by atoms with Crippen LogP contribution in [-0.2, 0) is 16.1 Å². The first-order chi connectivity index (χ1) is 13.3. The maximum atomic E-state index is 12.8. The molecule has 3 rings (SSSR count). The summed E-state index contributed by atoms with van der Waals surface area (Å²) in [5.41, 5.74) is 1.67. The second kappa shape index (κ2) is 8.28. The van der Waals surface area contributed by atoms with Gasteiger partial charge in [0.25, 0.3) is 17.7 Å². The Bertz CT molecular complexity index is 850. The number of amides is 3. The molecule has 1 saturated heterocycles. The summed E-state index contributed by atoms with van der Waals surface area (Å²) >= 11 is 4.88. The smallest absolute Gasteiger partial charge is 0.271 e. The second-order valence-corrected chi connectivity index (χ2v) is 9.21. The maximum Gasteiger partial charge on any atom is 0.271 e. The topological polar surface area (TPSA) is 96.3 Å². The summed E-state index contributed by atoms with van der Waals surface area (Å²) < 4.78 is 2.15. The van der Waals surface area contributed by atoms with Crippen LogP contribution in [0.25, 0.3) is 0 Å². The largest absolute Gasteiger partial charge is 0.351 e. The van der Waals surface area contributed by atoms with Crippen LogP contribution in [0, 0.1) is 5.92 Å². The third-order valence-electron chi connectivity index (χ3n) is 4.64. The zero-order valence-corrected chi connectivity index (χ0v) is 18.7. The molecule has 0 saturated carbocycles. The molecule has 2 N–H and O–H groups in total. The number of hydrogen-bond donors (Lipinski definition) is 2. The molecule has 10 heteroatoms. The molecule has 2 atom stereocenters. The number of halogens is 1. The van der Waals surface area contributed by atoms with E-state index >= 15 is 0 Å². The van der Waals surface area contributed by atoms with Gasteiger partial charge in [0, 0.05) is 18.8 Å². The first-order valence-corrected chi connectivity index (χ1v) is 11.0. The molecular formula is C18H24BrN5O3S. The Hall–Kier alpha value is -1.81. The Morgan fingerprint density at radius 1 is 1.39 bits per heavy atom. The predicted octanol–water partition coefficient (Wildman–Crippen LogP) is 1.73. The standard InChI is InChI=1S/C18H24BrN5O3S/c1-5-23-14(11(19)7-21-23)16(26)22-12-17(27)24-13(10(4)8-28-18(12)24)15(25)20-6-9(2)3/h7,9,12,18H,5-6,8H2,1-4H3,(H,20,25)(H,22,26)/t12-,18+/m1/s1. The number of β-lactam (4-membered cyclic amide) rings is 1. The molecule has 3 heterocycles. The van der Waals surface area contributed by atoms with Gasteiger partial charge in [0.05, 0.1) is 10.7 Å². The number of aryl methyl sites for hydroxylation is 1. The molecule has 8 nitrogen and oxygen atoms in total. The normalized spacial score (nSPS) is 21.5. The van der Waals surface area contributed by atoms with Crippen molar-refractivity contribution in [3.8, 4) is 0 Å². The average molecular weight is 470 g/mol. The van der Waals surface area contributed by atoms with Gasteiger partial charge in [-0.15, -0.1) is 11.8 Å². The van der Waals surface area contributed by atoms with Gasteiger partial charge >= 0.3 is 0 Å². The van der Waals surface area contributed by atoms with Crippen LogP contribution in [-0.4, -0.2) is 56.1 Å². The van der Waals surface area contributed by atoms with E-state index in [1.54, 1.807) is 22.6 Å². The molecule has 0 bridgehead atoms. The summed E-state index contributed by atoms with van der Waals surface area (Å²) in [7, 11) is 0. The van der Waals surface area contributed by atoms with Gasteiger partial charge in [-0.25, -0.2) is 0 Å². The van der Waals surface area contributed by atoms with Gasteiger partial charge in [0.15, 0.2) is 0 Å². The van der Waals surface area contributed by atoms with E-state index in [4.69, 9.17) is 0 Å². The lowest BCUT2D eigenvalue weighted by Crippen LogP contribution is -2.71. The summed E-state index contributed by atoms with van der Waals surface area (Å²) in [5, 5.41) is 9.55. The molecule has 3 amide bonds. The fraction of sp³-hybridized carbons (Fsp3) is 0.556. The van der Waals surface area contributed by atoms with E-state index in [1.807, 2.05) is 27.7 Å². The number of carbonyl (C=O) groups is 3. The SMILES string of the molecule is CCn1ncc(Br)c1C(=O)N[C@@H]1C(=O)N2C(C(=O)NCC(C)C)=C(C)CS[C@@H]12. The van der Waals surface area contributed by atoms with E-state index in [0.29, 0.717) is 40.6 Å². The molecule has 0 unspecified atom stereocenters. The van der Waals surface area contributed by atoms with Crippen LogP contribution in [0.2, 0.25) is 0 Å². The van der Waals surface area contributed by atoms with Crippen molar-refractivity contribution >= 4 is 45.4 Å². The second-order valence-electron chi connectivity index (χ2n) is 7.25. The Kier molecular flexibility index (Phi) is 6.18. The van der Waals surface area contributed by atoms with Gasteiger partial charge in [-0.2, -0.15) is 5.10 Å². The highest BCUT2D eigenvalue weighted by Crippen LogP contribution is 2.40. The van der Waals surface area contributed by atoms with Crippen molar-refractivity contribution in [2.75, 3.05) is 12.3 Å². The van der Waals surface area contributed by atoms with Crippen LogP contribution in [0.1, 0.15) is 38.2 Å². The Morgan fingerprint density at radius 3 is 2.75 bits per heavy atom. The Morgan fingerprint density at radius 2 is 2.11 bits per heavy atom. The molecule has 0 radical (unpaired) electrons. The minimum atomic E-state index is -0.661. The summed E-state index contributed by atoms with van der Waals surface area (Å²) in [5.74, 6) is 0.100. The van der Waals surface area contributed by atoms with Gasteiger partial charge in [-0.05, 0) is 41.3 Å². The molecule has 0 spiro atoms. The number of thioether (sulfide) groups is 1. The number of rotatable bonds is 6. The maximum absolute atomic E-state index is 12.8. The van der Waals surface area contributed by atoms with E-state index in [2.05, 4.69) is 31.7 Å². The summed E-state index contributed by atoms with van der Waals surface area (Å²) in [6.07, 6.45) is 1.56. The van der Waals surface area contributed by atoms with Gasteiger partial charge in [0.1, 0.15) is 22.8 Å². The van der Waals surface area contributed by atoms with E-state index in [0.717, 1.165) is 5.57 Å². The number of aromatic nitrogens is 2. The molecule has 28 heavy (non-hydrogen) atoms. The fourth-order valence-electron chi connectivity index (χ4n) is 3.21. The van der Waals surface area contributed by atoms with Crippen molar-refractivity contribution in [2.45, 2.75) is 45.7 Å². The quantitative estimate of drug-likeness (QED) is 0.618. The van der Waals surface area contributed by atoms with E-state index < -0.39 is 6.04 Å². The Labute approximate surface area is 176 Å². The molecule has 152 valence electrons. The highest BCUT2D eigenvalue weighted by atomic mass is 79.9.